The number of hydrogen-bond acceptors (Lipinski definition) is 9. The first kappa shape index (κ1) is 47.6. The first-order valence-corrected chi connectivity index (χ1v) is 25.1. The van der Waals surface area contributed by atoms with Crippen LogP contribution < -0.4 is 31.2 Å². The number of benzene rings is 4. The molecule has 1 spiro atoms. The summed E-state index contributed by atoms with van der Waals surface area (Å²) < 4.78 is 45.9. The normalized spacial score (nSPS) is 24.6. The summed E-state index contributed by atoms with van der Waals surface area (Å²) in [5.41, 5.74) is 8.50. The number of hydrogen-bond donors (Lipinski definition) is 4. The zero-order valence-electron chi connectivity index (χ0n) is 39.8. The molecular formula is C54H60ClF2N7O6. The Hall–Kier alpha value is -6.06. The number of aromatic nitrogens is 2. The van der Waals surface area contributed by atoms with E-state index in [1.807, 2.05) is 55.1 Å². The monoisotopic (exact) mass is 975 g/mol. The van der Waals surface area contributed by atoms with E-state index in [1.54, 1.807) is 0 Å². The van der Waals surface area contributed by atoms with Crippen LogP contribution >= 0.6 is 11.6 Å². The van der Waals surface area contributed by atoms with Gasteiger partial charge in [-0.05, 0) is 112 Å². The molecule has 0 bridgehead atoms. The number of nitrogens with one attached hydrogen (secondary N) is 3. The Bertz CT molecular complexity index is 2870. The fraction of sp³-hybridized carbons (Fsp3) is 0.463. The summed E-state index contributed by atoms with van der Waals surface area (Å²) in [5.74, 6) is -3.81. The molecule has 13 nitrogen and oxygen atoms in total. The Morgan fingerprint density at radius 3 is 2.34 bits per heavy atom. The topological polar surface area (TPSA) is 170 Å². The van der Waals surface area contributed by atoms with Crippen LogP contribution in [0.4, 0.5) is 14.5 Å². The number of ether oxygens (including phenoxy) is 2. The van der Waals surface area contributed by atoms with Gasteiger partial charge in [0.05, 0.1) is 34.8 Å². The molecule has 1 aromatic heterocycles. The van der Waals surface area contributed by atoms with E-state index in [-0.39, 0.29) is 68.3 Å². The number of aryl methyl sites for hydroxylation is 1. The van der Waals surface area contributed by atoms with Gasteiger partial charge in [-0.2, -0.15) is 5.10 Å². The third kappa shape index (κ3) is 8.56. The average Bonchev–Trinajstić information content (AvgIpc) is 3.84. The van der Waals surface area contributed by atoms with Crippen molar-refractivity contribution in [3.63, 3.8) is 0 Å². The van der Waals surface area contributed by atoms with Gasteiger partial charge in [-0.3, -0.25) is 29.2 Å². The third-order valence-corrected chi connectivity index (χ3v) is 16.9. The number of primary amides is 1. The van der Waals surface area contributed by atoms with Crippen molar-refractivity contribution in [1.29, 1.82) is 0 Å². The molecule has 4 fully saturated rings. The molecule has 4 heterocycles. The minimum absolute atomic E-state index is 0.000276. The fourth-order valence-electron chi connectivity index (χ4n) is 12.4. The van der Waals surface area contributed by atoms with Crippen molar-refractivity contribution in [3.8, 4) is 22.6 Å². The first-order chi connectivity index (χ1) is 33.7. The number of carbonyl (C=O) groups excluding carboxylic acids is 4. The highest BCUT2D eigenvalue weighted by molar-refractivity contribution is 6.34. The van der Waals surface area contributed by atoms with Gasteiger partial charge >= 0.3 is 0 Å². The Morgan fingerprint density at radius 2 is 1.66 bits per heavy atom. The third-order valence-electron chi connectivity index (χ3n) is 16.5. The second-order valence-corrected chi connectivity index (χ2v) is 20.7. The summed E-state index contributed by atoms with van der Waals surface area (Å²) in [6.45, 7) is 3.83. The molecular weight excluding hydrogens is 916 g/mol. The summed E-state index contributed by atoms with van der Waals surface area (Å²) in [4.78, 5) is 53.2. The number of anilines is 1. The minimum atomic E-state index is -1.07. The zero-order chi connectivity index (χ0) is 49.1. The summed E-state index contributed by atoms with van der Waals surface area (Å²) >= 11 is 6.71. The molecule has 368 valence electrons. The average molecular weight is 977 g/mol. The molecule has 2 aliphatic carbocycles. The smallest absolute Gasteiger partial charge is 0.249 e. The number of piperidine rings is 2. The molecule has 10 rings (SSSR count). The van der Waals surface area contributed by atoms with E-state index >= 15 is 8.78 Å². The van der Waals surface area contributed by atoms with Crippen molar-refractivity contribution in [3.05, 3.63) is 106 Å². The molecule has 5 N–H and O–H groups in total. The Balaban J connectivity index is 0.746. The molecule has 0 radical (unpaired) electrons. The van der Waals surface area contributed by atoms with Crippen LogP contribution in [0, 0.1) is 23.0 Å². The largest absolute Gasteiger partial charge is 0.494 e. The van der Waals surface area contributed by atoms with Crippen LogP contribution in [-0.4, -0.2) is 77.1 Å². The molecule has 4 amide bonds. The maximum absolute atomic E-state index is 16.2. The Labute approximate surface area is 411 Å². The van der Waals surface area contributed by atoms with Crippen LogP contribution in [0.3, 0.4) is 0 Å². The van der Waals surface area contributed by atoms with Gasteiger partial charge in [0.15, 0.2) is 17.2 Å². The second-order valence-electron chi connectivity index (χ2n) is 20.3. The van der Waals surface area contributed by atoms with Crippen molar-refractivity contribution in [2.45, 2.75) is 113 Å². The molecule has 70 heavy (non-hydrogen) atoms. The quantitative estimate of drug-likeness (QED) is 0.0944. The van der Waals surface area contributed by atoms with E-state index in [1.165, 1.54) is 25.3 Å². The van der Waals surface area contributed by atoms with Crippen LogP contribution in [0.2, 0.25) is 5.02 Å². The number of fused-ring (bicyclic) bond motifs is 2. The van der Waals surface area contributed by atoms with Gasteiger partial charge in [-0.15, -0.1) is 0 Å². The van der Waals surface area contributed by atoms with Gasteiger partial charge in [0.2, 0.25) is 23.6 Å². The number of methoxy groups -OCH3 is 1. The molecule has 2 saturated heterocycles. The zero-order valence-corrected chi connectivity index (χ0v) is 40.6. The van der Waals surface area contributed by atoms with E-state index in [4.69, 9.17) is 31.9 Å². The second kappa shape index (κ2) is 18.9. The van der Waals surface area contributed by atoms with Gasteiger partial charge in [0.25, 0.3) is 0 Å². The lowest BCUT2D eigenvalue weighted by Gasteiger charge is -2.47. The van der Waals surface area contributed by atoms with Crippen LogP contribution in [0.25, 0.3) is 22.0 Å². The molecule has 5 aromatic rings. The van der Waals surface area contributed by atoms with Gasteiger partial charge in [-0.25, -0.2) is 8.78 Å². The van der Waals surface area contributed by atoms with Crippen molar-refractivity contribution >= 4 is 51.8 Å². The summed E-state index contributed by atoms with van der Waals surface area (Å²) in [6.07, 6.45) is 10.3. The molecule has 2 saturated carbocycles. The minimum Gasteiger partial charge on any atom is -0.494 e. The standard InChI is InChI=1S/C54H60ClF2N7O6/c1-30-44-42(28-39(56)47(55)46(44)45-37(50(58)66)15-17-41(69-3)48(45)57)70-54(30,32-7-5-4-6-8-32)29-59-33-11-9-31(10-12-33)52(68)64-25-23-53(24-26-64)21-19-34(20-22-53)60-35-13-14-36-40(27-35)63(2)62-49(36)38-16-18-43(65)61-51(38)67/h4-8,13-15,17,27-28,30-31,33-34,38,59-60H,9-12,16,18-26,29H2,1-3H3,(H2,58,66)(H,61,65,67). The van der Waals surface area contributed by atoms with E-state index < -0.39 is 35.0 Å². The highest BCUT2D eigenvalue weighted by Gasteiger charge is 2.50. The number of carbonyl (C=O) groups is 4. The molecule has 16 heteroatoms. The molecule has 3 atom stereocenters. The van der Waals surface area contributed by atoms with E-state index in [0.29, 0.717) is 36.7 Å². The molecule has 5 aliphatic rings. The highest BCUT2D eigenvalue weighted by Crippen LogP contribution is 2.57. The number of halogens is 3. The first-order valence-electron chi connectivity index (χ1n) is 24.7. The van der Waals surface area contributed by atoms with E-state index in [9.17, 15) is 19.2 Å². The maximum atomic E-state index is 16.2. The fourth-order valence-corrected chi connectivity index (χ4v) is 12.6. The lowest BCUT2D eigenvalue weighted by Crippen LogP contribution is -2.50. The lowest BCUT2D eigenvalue weighted by atomic mass is 9.66. The Kier molecular flexibility index (Phi) is 12.9. The van der Waals surface area contributed by atoms with E-state index in [0.717, 1.165) is 99.5 Å². The number of nitrogens with zero attached hydrogens (tertiary/aromatic N) is 3. The highest BCUT2D eigenvalue weighted by atomic mass is 35.5. The van der Waals surface area contributed by atoms with Gasteiger partial charge in [-0.1, -0.05) is 48.9 Å². The summed E-state index contributed by atoms with van der Waals surface area (Å²) in [5, 5.41) is 15.3. The van der Waals surface area contributed by atoms with Crippen LogP contribution in [-0.2, 0) is 27.0 Å². The van der Waals surface area contributed by atoms with Crippen molar-refractivity contribution in [2.24, 2.45) is 24.1 Å². The number of rotatable bonds is 11. The summed E-state index contributed by atoms with van der Waals surface area (Å²) in [7, 11) is 3.19. The van der Waals surface area contributed by atoms with Gasteiger partial charge < -0.3 is 30.7 Å². The predicted octanol–water partition coefficient (Wildman–Crippen LogP) is 9.00. The number of amides is 4. The van der Waals surface area contributed by atoms with Crippen LogP contribution in [0.5, 0.6) is 11.5 Å². The van der Waals surface area contributed by atoms with Crippen molar-refractivity contribution < 1.29 is 37.4 Å². The molecule has 3 aliphatic heterocycles. The molecule has 3 unspecified atom stereocenters. The molecule has 4 aromatic carbocycles. The number of nitrogens with two attached hydrogens (primary N) is 1. The van der Waals surface area contributed by atoms with E-state index in [2.05, 4.69) is 33.0 Å². The predicted molar refractivity (Wildman–Crippen MR) is 263 cm³/mol. The number of likely N-dealkylation sites (tertiary alicyclic amines) is 1. The van der Waals surface area contributed by atoms with Gasteiger partial charge in [0, 0.05) is 90.9 Å². The SMILES string of the molecule is COc1ccc(C(N)=O)c(-c2c(Cl)c(F)cc3c2C(C)C(CNC2CCC(C(=O)N4CCC5(CCC(Nc6ccc7c(C8CCC(=O)NC8=O)nn(C)c7c6)CC5)CC4)CC2)(c2ccccc2)O3)c1F. The van der Waals surface area contributed by atoms with Crippen molar-refractivity contribution in [2.75, 3.05) is 32.1 Å². The van der Waals surface area contributed by atoms with Crippen molar-refractivity contribution in [1.82, 2.24) is 25.3 Å². The lowest BCUT2D eigenvalue weighted by molar-refractivity contribution is -0.139. The van der Waals surface area contributed by atoms with Crippen LogP contribution in [0.15, 0.2) is 66.7 Å². The maximum Gasteiger partial charge on any atom is 0.249 e. The summed E-state index contributed by atoms with van der Waals surface area (Å²) in [6, 6.07) is 20.2. The number of imide groups is 1. The Morgan fingerprint density at radius 1 is 0.929 bits per heavy atom. The van der Waals surface area contributed by atoms with Crippen LogP contribution in [0.1, 0.15) is 123 Å². The van der Waals surface area contributed by atoms with Gasteiger partial charge in [0.1, 0.15) is 11.6 Å².